The zero-order valence-electron chi connectivity index (χ0n) is 4.22. The van der Waals surface area contributed by atoms with Gasteiger partial charge < -0.3 is 9.84 Å². The zero-order valence-corrected chi connectivity index (χ0v) is 4.22. The Bertz CT molecular complexity index is 36.7. The zero-order chi connectivity index (χ0) is 5.70. The van der Waals surface area contributed by atoms with Crippen LogP contribution in [0.5, 0.6) is 0 Å². The molecule has 0 amide bonds. The molecule has 1 N–H and O–H groups in total. The highest BCUT2D eigenvalue weighted by Gasteiger charge is 2.14. The molecule has 0 aliphatic carbocycles. The lowest BCUT2D eigenvalue weighted by molar-refractivity contribution is -0.0497. The molecular formula is C4H9FO2. The van der Waals surface area contributed by atoms with Crippen molar-refractivity contribution in [3.63, 3.8) is 0 Å². The Kier molecular flexibility index (Phi) is 3.93. The van der Waals surface area contributed by atoms with E-state index in [1.165, 1.54) is 0 Å². The Morgan fingerprint density at radius 3 is 1.86 bits per heavy atom. The number of hydrogen-bond acceptors (Lipinski definition) is 2. The molecular weight excluding hydrogens is 99.0 g/mol. The quantitative estimate of drug-likeness (QED) is 0.472. The summed E-state index contributed by atoms with van der Waals surface area (Å²) in [4.78, 5) is 0. The van der Waals surface area contributed by atoms with Crippen molar-refractivity contribution < 1.29 is 14.2 Å². The molecule has 1 aliphatic heterocycles. The van der Waals surface area contributed by atoms with Gasteiger partial charge in [-0.05, 0) is 0 Å². The summed E-state index contributed by atoms with van der Waals surface area (Å²) in [6.45, 7) is 0.639. The second-order valence-corrected chi connectivity index (χ2v) is 1.13. The molecule has 1 saturated heterocycles. The molecule has 0 atom stereocenters. The van der Waals surface area contributed by atoms with Gasteiger partial charge >= 0.3 is 0 Å². The lowest BCUT2D eigenvalue weighted by Gasteiger charge is -2.16. The number of aliphatic hydroxyl groups excluding tert-OH is 1. The summed E-state index contributed by atoms with van der Waals surface area (Å²) in [7, 11) is 1.00. The molecule has 0 spiro atoms. The van der Waals surface area contributed by atoms with Gasteiger partial charge in [0, 0.05) is 7.11 Å². The third kappa shape index (κ3) is 2.53. The molecule has 1 aliphatic rings. The van der Waals surface area contributed by atoms with Gasteiger partial charge in [0.1, 0.15) is 6.17 Å². The maximum atomic E-state index is 11.4. The first-order valence-electron chi connectivity index (χ1n) is 2.06. The Hall–Kier alpha value is -0.150. The predicted octanol–water partition coefficient (Wildman–Crippen LogP) is -0.0368. The summed E-state index contributed by atoms with van der Waals surface area (Å²) in [6.07, 6.45) is -0.657. The third-order valence-electron chi connectivity index (χ3n) is 0.597. The Morgan fingerprint density at radius 2 is 1.86 bits per heavy atom. The molecule has 0 aromatic carbocycles. The predicted molar refractivity (Wildman–Crippen MR) is 23.9 cm³/mol. The second kappa shape index (κ2) is 4.02. The van der Waals surface area contributed by atoms with E-state index in [-0.39, 0.29) is 0 Å². The molecule has 3 heteroatoms. The van der Waals surface area contributed by atoms with Gasteiger partial charge in [0.05, 0.1) is 13.2 Å². The highest BCUT2D eigenvalue weighted by atomic mass is 19.1. The van der Waals surface area contributed by atoms with Crippen molar-refractivity contribution in [1.82, 2.24) is 0 Å². The average molecular weight is 108 g/mol. The molecule has 1 rings (SSSR count). The second-order valence-electron chi connectivity index (χ2n) is 1.13. The third-order valence-corrected chi connectivity index (χ3v) is 0.597. The van der Waals surface area contributed by atoms with Gasteiger partial charge in [-0.15, -0.1) is 0 Å². The molecule has 2 nitrogen and oxygen atoms in total. The molecule has 44 valence electrons. The van der Waals surface area contributed by atoms with E-state index in [1.54, 1.807) is 0 Å². The van der Waals surface area contributed by atoms with Gasteiger partial charge in [0.25, 0.3) is 0 Å². The lowest BCUT2D eigenvalue weighted by Crippen LogP contribution is -2.28. The molecule has 1 heterocycles. The first-order valence-corrected chi connectivity index (χ1v) is 2.06. The fraction of sp³-hybridized carbons (Fsp3) is 1.00. The molecule has 0 aromatic rings. The van der Waals surface area contributed by atoms with Gasteiger partial charge in [-0.1, -0.05) is 0 Å². The summed E-state index contributed by atoms with van der Waals surface area (Å²) in [5.41, 5.74) is 0. The largest absolute Gasteiger partial charge is 0.400 e. The monoisotopic (exact) mass is 108 g/mol. The standard InChI is InChI=1S/C3H5FO.CH4O/c4-3-1-5-2-3;1-2/h3H,1-2H2;2H,1H3. The van der Waals surface area contributed by atoms with E-state index in [1.807, 2.05) is 0 Å². The van der Waals surface area contributed by atoms with Gasteiger partial charge in [-0.2, -0.15) is 0 Å². The fourth-order valence-electron chi connectivity index (χ4n) is 0.207. The van der Waals surface area contributed by atoms with Gasteiger partial charge in [0.2, 0.25) is 0 Å². The van der Waals surface area contributed by atoms with Crippen LogP contribution in [0.15, 0.2) is 0 Å². The SMILES string of the molecule is CO.FC1COC1. The van der Waals surface area contributed by atoms with E-state index in [2.05, 4.69) is 4.74 Å². The van der Waals surface area contributed by atoms with E-state index in [4.69, 9.17) is 5.11 Å². The van der Waals surface area contributed by atoms with E-state index in [0.717, 1.165) is 7.11 Å². The van der Waals surface area contributed by atoms with Gasteiger partial charge in [0.15, 0.2) is 0 Å². The Morgan fingerprint density at radius 1 is 1.57 bits per heavy atom. The minimum Gasteiger partial charge on any atom is -0.400 e. The van der Waals surface area contributed by atoms with E-state index in [9.17, 15) is 4.39 Å². The number of rotatable bonds is 0. The first-order chi connectivity index (χ1) is 3.39. The topological polar surface area (TPSA) is 29.5 Å². The van der Waals surface area contributed by atoms with Crippen LogP contribution in [0.3, 0.4) is 0 Å². The number of hydrogen-bond donors (Lipinski definition) is 1. The minimum absolute atomic E-state index is 0.319. The van der Waals surface area contributed by atoms with E-state index < -0.39 is 6.17 Å². The first kappa shape index (κ1) is 6.85. The highest BCUT2D eigenvalue weighted by Crippen LogP contribution is 2.02. The number of halogens is 1. The van der Waals surface area contributed by atoms with Crippen LogP contribution in [0.1, 0.15) is 0 Å². The van der Waals surface area contributed by atoms with Crippen LogP contribution < -0.4 is 0 Å². The van der Waals surface area contributed by atoms with Crippen LogP contribution in [0.25, 0.3) is 0 Å². The summed E-state index contributed by atoms with van der Waals surface area (Å²) in [5, 5.41) is 7.00. The van der Waals surface area contributed by atoms with Crippen molar-refractivity contribution in [2.45, 2.75) is 6.17 Å². The number of ether oxygens (including phenoxy) is 1. The summed E-state index contributed by atoms with van der Waals surface area (Å²) >= 11 is 0. The molecule has 7 heavy (non-hydrogen) atoms. The maximum Gasteiger partial charge on any atom is 0.147 e. The summed E-state index contributed by atoms with van der Waals surface area (Å²) in [5.74, 6) is 0. The Labute approximate surface area is 41.9 Å². The van der Waals surface area contributed by atoms with Crippen molar-refractivity contribution in [2.24, 2.45) is 0 Å². The van der Waals surface area contributed by atoms with Crippen LogP contribution in [0.2, 0.25) is 0 Å². The van der Waals surface area contributed by atoms with Crippen LogP contribution in [0, 0.1) is 0 Å². The van der Waals surface area contributed by atoms with Crippen molar-refractivity contribution in [3.05, 3.63) is 0 Å². The van der Waals surface area contributed by atoms with Crippen molar-refractivity contribution >= 4 is 0 Å². The molecule has 0 bridgehead atoms. The van der Waals surface area contributed by atoms with Crippen LogP contribution >= 0.6 is 0 Å². The van der Waals surface area contributed by atoms with Crippen LogP contribution in [-0.4, -0.2) is 31.6 Å². The van der Waals surface area contributed by atoms with Crippen LogP contribution in [0.4, 0.5) is 4.39 Å². The number of aliphatic hydroxyl groups is 1. The van der Waals surface area contributed by atoms with Crippen molar-refractivity contribution in [1.29, 1.82) is 0 Å². The van der Waals surface area contributed by atoms with Gasteiger partial charge in [-0.25, -0.2) is 4.39 Å². The molecule has 0 saturated carbocycles. The normalized spacial score (nSPS) is 19.3. The summed E-state index contributed by atoms with van der Waals surface area (Å²) in [6, 6.07) is 0. The van der Waals surface area contributed by atoms with Crippen molar-refractivity contribution in [2.75, 3.05) is 20.3 Å². The van der Waals surface area contributed by atoms with E-state index >= 15 is 0 Å². The maximum absolute atomic E-state index is 11.4. The molecule has 0 aromatic heterocycles. The van der Waals surface area contributed by atoms with Crippen molar-refractivity contribution in [3.8, 4) is 0 Å². The molecule has 0 radical (unpaired) electrons. The number of alkyl halides is 1. The molecule has 1 fully saturated rings. The van der Waals surface area contributed by atoms with Crippen LogP contribution in [-0.2, 0) is 4.74 Å². The smallest absolute Gasteiger partial charge is 0.147 e. The molecule has 0 unspecified atom stereocenters. The lowest BCUT2D eigenvalue weighted by atomic mass is 10.4. The summed E-state index contributed by atoms with van der Waals surface area (Å²) < 4.78 is 15.9. The van der Waals surface area contributed by atoms with E-state index in [0.29, 0.717) is 13.2 Å². The Balaban J connectivity index is 0.000000162. The fourth-order valence-corrected chi connectivity index (χ4v) is 0.207. The minimum atomic E-state index is -0.657. The average Bonchev–Trinajstić information content (AvgIpc) is 1.68. The van der Waals surface area contributed by atoms with Gasteiger partial charge in [-0.3, -0.25) is 0 Å². The highest BCUT2D eigenvalue weighted by molar-refractivity contribution is 4.59.